The number of hydrogen-bond acceptors (Lipinski definition) is 3. The summed E-state index contributed by atoms with van der Waals surface area (Å²) in [6, 6.07) is 12.3. The van der Waals surface area contributed by atoms with Crippen LogP contribution in [-0.4, -0.2) is 52.4 Å². The lowest BCUT2D eigenvalue weighted by atomic mass is 9.45. The molecule has 2 N–H and O–H groups in total. The number of fused-ring (bicyclic) bond motifs is 2. The molecule has 1 unspecified atom stereocenters. The van der Waals surface area contributed by atoms with Gasteiger partial charge in [-0.2, -0.15) is 0 Å². The zero-order valence-corrected chi connectivity index (χ0v) is 24.5. The monoisotopic (exact) mass is 585 g/mol. The zero-order valence-electron chi connectivity index (χ0n) is 23.0. The molecular weight excluding hydrogens is 549 g/mol. The normalized spacial score (nSPS) is 25.4. The highest BCUT2D eigenvalue weighted by Crippen LogP contribution is 2.61. The van der Waals surface area contributed by atoms with E-state index in [1.807, 2.05) is 18.2 Å². The molecule has 4 fully saturated rings. The quantitative estimate of drug-likeness (QED) is 0.360. The molecule has 214 valence electrons. The van der Waals surface area contributed by atoms with Crippen LogP contribution in [0.2, 0.25) is 10.0 Å². The first-order valence-corrected chi connectivity index (χ1v) is 14.8. The van der Waals surface area contributed by atoms with E-state index in [9.17, 15) is 19.5 Å². The van der Waals surface area contributed by atoms with E-state index in [1.165, 1.54) is 12.8 Å². The molecule has 0 spiro atoms. The third-order valence-corrected chi connectivity index (χ3v) is 10.1. The minimum atomic E-state index is -0.910. The van der Waals surface area contributed by atoms with Gasteiger partial charge in [0.1, 0.15) is 0 Å². The third kappa shape index (κ3) is 5.96. The van der Waals surface area contributed by atoms with Gasteiger partial charge in [0, 0.05) is 54.3 Å². The van der Waals surface area contributed by atoms with Crippen LogP contribution in [0.15, 0.2) is 42.5 Å². The Hall–Kier alpha value is -2.77. The van der Waals surface area contributed by atoms with E-state index in [0.29, 0.717) is 52.5 Å². The smallest absolute Gasteiger partial charge is 0.320 e. The van der Waals surface area contributed by atoms with Crippen LogP contribution in [0.1, 0.15) is 61.0 Å². The average molecular weight is 587 g/mol. The van der Waals surface area contributed by atoms with E-state index < -0.39 is 5.97 Å². The molecule has 4 atom stereocenters. The van der Waals surface area contributed by atoms with E-state index in [0.717, 1.165) is 23.5 Å². The van der Waals surface area contributed by atoms with Crippen molar-refractivity contribution in [2.75, 3.05) is 19.6 Å². The Bertz CT molecular complexity index is 1300. The number of halogens is 2. The summed E-state index contributed by atoms with van der Waals surface area (Å²) in [4.78, 5) is 41.8. The average Bonchev–Trinajstić information content (AvgIpc) is 2.91. The summed E-state index contributed by atoms with van der Waals surface area (Å²) in [5.74, 6) is 0.651. The van der Waals surface area contributed by atoms with Gasteiger partial charge in [0.05, 0.1) is 6.42 Å². The van der Waals surface area contributed by atoms with Gasteiger partial charge < -0.3 is 20.2 Å². The van der Waals surface area contributed by atoms with Gasteiger partial charge in [0.2, 0.25) is 0 Å². The van der Waals surface area contributed by atoms with Crippen molar-refractivity contribution in [1.29, 1.82) is 0 Å². The molecule has 40 heavy (non-hydrogen) atoms. The number of nitrogens with one attached hydrogen (secondary N) is 1. The minimum Gasteiger partial charge on any atom is -0.481 e. The molecule has 1 saturated heterocycles. The molecule has 9 heteroatoms. The van der Waals surface area contributed by atoms with E-state index in [2.05, 4.69) is 19.2 Å². The van der Waals surface area contributed by atoms with Crippen LogP contribution in [0.5, 0.6) is 0 Å². The molecule has 0 aromatic heterocycles. The number of rotatable bonds is 9. The van der Waals surface area contributed by atoms with Crippen molar-refractivity contribution in [2.24, 2.45) is 29.1 Å². The van der Waals surface area contributed by atoms with Crippen LogP contribution in [0.4, 0.5) is 4.79 Å². The van der Waals surface area contributed by atoms with Crippen LogP contribution < -0.4 is 5.32 Å². The Morgan fingerprint density at radius 1 is 1.02 bits per heavy atom. The second-order valence-electron chi connectivity index (χ2n) is 12.3. The largest absolute Gasteiger partial charge is 0.481 e. The summed E-state index contributed by atoms with van der Waals surface area (Å²) >= 11 is 12.4. The van der Waals surface area contributed by atoms with Gasteiger partial charge >= 0.3 is 12.0 Å². The van der Waals surface area contributed by atoms with Crippen molar-refractivity contribution in [3.8, 4) is 0 Å². The van der Waals surface area contributed by atoms with E-state index in [-0.39, 0.29) is 37.4 Å². The van der Waals surface area contributed by atoms with Gasteiger partial charge in [-0.3, -0.25) is 9.59 Å². The summed E-state index contributed by atoms with van der Waals surface area (Å²) in [6.45, 7) is 6.42. The Kier molecular flexibility index (Phi) is 8.35. The van der Waals surface area contributed by atoms with Crippen LogP contribution in [0.25, 0.3) is 0 Å². The van der Waals surface area contributed by atoms with Crippen molar-refractivity contribution in [2.45, 2.75) is 52.6 Å². The standard InChI is InChI=1S/C31H37Cl2N3O4/c1-31(2)23-9-7-20(26(31)12-23)14-34-29(39)25-6-4-3-5-21(25)17-35-15-19(11-28(37)38)16-36(30(35)40)18-22-8-10-24(32)13-27(22)33/h3-6,8,10,13,19-20,23,26H,7,9,11-12,14-18H2,1-2H3,(H,34,39)(H,37,38)/t19?,20-,23-,26-/m0/s1. The molecule has 3 saturated carbocycles. The maximum atomic E-state index is 13.6. The number of carboxylic acids is 1. The molecule has 4 aliphatic rings. The van der Waals surface area contributed by atoms with Crippen molar-refractivity contribution >= 4 is 41.1 Å². The highest BCUT2D eigenvalue weighted by atomic mass is 35.5. The number of aliphatic carboxylic acids is 1. The van der Waals surface area contributed by atoms with Crippen LogP contribution in [0.3, 0.4) is 0 Å². The number of hydrogen-bond donors (Lipinski definition) is 2. The number of benzene rings is 2. The highest BCUT2D eigenvalue weighted by molar-refractivity contribution is 6.35. The predicted molar refractivity (Wildman–Crippen MR) is 155 cm³/mol. The lowest BCUT2D eigenvalue weighted by Crippen LogP contribution is -2.54. The summed E-state index contributed by atoms with van der Waals surface area (Å²) in [5.41, 5.74) is 2.37. The lowest BCUT2D eigenvalue weighted by Gasteiger charge is -2.60. The molecule has 2 bridgehead atoms. The second-order valence-corrected chi connectivity index (χ2v) is 13.2. The number of carbonyl (C=O) groups is 3. The van der Waals surface area contributed by atoms with Crippen LogP contribution in [0, 0.1) is 29.1 Å². The maximum absolute atomic E-state index is 13.6. The fourth-order valence-electron chi connectivity index (χ4n) is 7.14. The number of carbonyl (C=O) groups excluding carboxylic acids is 2. The van der Waals surface area contributed by atoms with Gasteiger partial charge in [-0.25, -0.2) is 4.79 Å². The first-order chi connectivity index (χ1) is 19.0. The fourth-order valence-corrected chi connectivity index (χ4v) is 7.61. The molecule has 2 aromatic carbocycles. The van der Waals surface area contributed by atoms with E-state index >= 15 is 0 Å². The van der Waals surface area contributed by atoms with Crippen molar-refractivity contribution < 1.29 is 19.5 Å². The van der Waals surface area contributed by atoms with Crippen molar-refractivity contribution in [1.82, 2.24) is 15.1 Å². The first-order valence-electron chi connectivity index (χ1n) is 14.1. The Labute approximate surface area is 245 Å². The van der Waals surface area contributed by atoms with Gasteiger partial charge in [0.15, 0.2) is 0 Å². The SMILES string of the molecule is CC1(C)[C@H]2CC[C@@H](CNC(=O)c3ccccc3CN3CC(CC(=O)O)CN(Cc4ccc(Cl)cc4Cl)C3=O)[C@@H]1C2. The fraction of sp³-hybridized carbons (Fsp3) is 0.516. The molecule has 1 heterocycles. The number of urea groups is 1. The number of amides is 3. The molecular formula is C31H37Cl2N3O4. The minimum absolute atomic E-state index is 0.0590. The van der Waals surface area contributed by atoms with Gasteiger partial charge in [-0.1, -0.05) is 61.3 Å². The van der Waals surface area contributed by atoms with Crippen LogP contribution in [-0.2, 0) is 17.9 Å². The zero-order chi connectivity index (χ0) is 28.6. The number of nitrogens with zero attached hydrogens (tertiary/aromatic N) is 2. The van der Waals surface area contributed by atoms with Crippen LogP contribution >= 0.6 is 23.2 Å². The topological polar surface area (TPSA) is 89.9 Å². The van der Waals surface area contributed by atoms with E-state index in [4.69, 9.17) is 23.2 Å². The Morgan fingerprint density at radius 2 is 1.73 bits per heavy atom. The van der Waals surface area contributed by atoms with Gasteiger partial charge in [-0.05, 0) is 71.8 Å². The van der Waals surface area contributed by atoms with Crippen molar-refractivity contribution in [3.05, 3.63) is 69.2 Å². The summed E-state index contributed by atoms with van der Waals surface area (Å²) in [7, 11) is 0. The highest BCUT2D eigenvalue weighted by Gasteiger charge is 2.54. The summed E-state index contributed by atoms with van der Waals surface area (Å²) < 4.78 is 0. The lowest BCUT2D eigenvalue weighted by molar-refractivity contribution is -0.138. The molecule has 3 amide bonds. The Morgan fingerprint density at radius 3 is 2.38 bits per heavy atom. The summed E-state index contributed by atoms with van der Waals surface area (Å²) in [5, 5.41) is 13.6. The molecule has 6 rings (SSSR count). The van der Waals surface area contributed by atoms with E-state index in [1.54, 1.807) is 34.1 Å². The van der Waals surface area contributed by atoms with Crippen molar-refractivity contribution in [3.63, 3.8) is 0 Å². The maximum Gasteiger partial charge on any atom is 0.320 e. The van der Waals surface area contributed by atoms with Gasteiger partial charge in [0.25, 0.3) is 5.91 Å². The first kappa shape index (κ1) is 28.7. The molecule has 7 nitrogen and oxygen atoms in total. The Balaban J connectivity index is 1.29. The molecule has 1 aliphatic heterocycles. The third-order valence-electron chi connectivity index (χ3n) is 9.49. The van der Waals surface area contributed by atoms with Gasteiger partial charge in [-0.15, -0.1) is 0 Å². The number of carboxylic acid groups (broad SMARTS) is 1. The molecule has 2 aromatic rings. The molecule has 0 radical (unpaired) electrons. The predicted octanol–water partition coefficient (Wildman–Crippen LogP) is 6.32. The summed E-state index contributed by atoms with van der Waals surface area (Å²) in [6.07, 6.45) is 3.58. The second kappa shape index (κ2) is 11.6. The molecule has 3 aliphatic carbocycles.